The Balaban J connectivity index is 1.23. The van der Waals surface area contributed by atoms with Gasteiger partial charge in [-0.3, -0.25) is 4.79 Å². The third kappa shape index (κ3) is 2.81. The minimum atomic E-state index is 0.198. The van der Waals surface area contributed by atoms with Gasteiger partial charge in [0.25, 0.3) is 5.91 Å². The van der Waals surface area contributed by atoms with Gasteiger partial charge < -0.3 is 14.0 Å². The standard InChI is InChI=1S/C30H33N5O/c1-4-22-8-7-18-12-25(34(28(18)31-22)14-17-5-6-17)29-32-23-11-20(9-16(2)27(23)33(29)3)30(36)35-15-21-10-19-13-24(35)26(19)21/h7-9,11-12,17,19,21,24,26H,4-6,10,13-15H2,1-3H3/t19?,21-,24-,26-/m1/s1. The minimum absolute atomic E-state index is 0.198. The quantitative estimate of drug-likeness (QED) is 0.388. The highest BCUT2D eigenvalue weighted by Crippen LogP contribution is 2.60. The van der Waals surface area contributed by atoms with Crippen molar-refractivity contribution in [2.24, 2.45) is 30.7 Å². The summed E-state index contributed by atoms with van der Waals surface area (Å²) in [5.41, 5.74) is 7.25. The summed E-state index contributed by atoms with van der Waals surface area (Å²) in [5, 5.41) is 1.17. The molecular formula is C30H33N5O. The summed E-state index contributed by atoms with van der Waals surface area (Å²) in [5.74, 6) is 4.31. The number of likely N-dealkylation sites (tertiary alicyclic amines) is 1. The number of pyridine rings is 1. The van der Waals surface area contributed by atoms with Crippen molar-refractivity contribution in [3.63, 3.8) is 0 Å². The van der Waals surface area contributed by atoms with E-state index in [2.05, 4.69) is 59.2 Å². The summed E-state index contributed by atoms with van der Waals surface area (Å²) in [6.07, 6.45) is 6.05. The van der Waals surface area contributed by atoms with Crippen LogP contribution in [0, 0.1) is 30.6 Å². The third-order valence-corrected chi connectivity index (χ3v) is 9.71. The van der Waals surface area contributed by atoms with E-state index in [1.54, 1.807) is 0 Å². The first kappa shape index (κ1) is 21.0. The van der Waals surface area contributed by atoms with Gasteiger partial charge in [-0.05, 0) is 98.6 Å². The van der Waals surface area contributed by atoms with Gasteiger partial charge in [0.2, 0.25) is 0 Å². The molecule has 4 aromatic rings. The van der Waals surface area contributed by atoms with Gasteiger partial charge in [-0.25, -0.2) is 9.97 Å². The molecule has 0 bridgehead atoms. The number of hydrogen-bond donors (Lipinski definition) is 0. The Morgan fingerprint density at radius 2 is 1.94 bits per heavy atom. The first-order valence-electron chi connectivity index (χ1n) is 13.8. The molecule has 0 radical (unpaired) electrons. The van der Waals surface area contributed by atoms with E-state index in [9.17, 15) is 4.79 Å². The van der Waals surface area contributed by atoms with Crippen LogP contribution in [0.5, 0.6) is 0 Å². The van der Waals surface area contributed by atoms with Crippen LogP contribution in [0.4, 0.5) is 0 Å². The Bertz CT molecular complexity index is 1570. The Morgan fingerprint density at radius 1 is 1.08 bits per heavy atom. The number of carbonyl (C=O) groups excluding carboxylic acids is 1. The maximum atomic E-state index is 13.6. The van der Waals surface area contributed by atoms with Crippen LogP contribution in [-0.4, -0.2) is 42.5 Å². The van der Waals surface area contributed by atoms with Gasteiger partial charge in [-0.15, -0.1) is 0 Å². The lowest BCUT2D eigenvalue weighted by atomic mass is 9.53. The average Bonchev–Trinajstić information content (AvgIpc) is 3.52. The molecule has 1 saturated heterocycles. The Kier molecular flexibility index (Phi) is 4.20. The zero-order chi connectivity index (χ0) is 24.3. The fourth-order valence-electron chi connectivity index (χ4n) is 7.59. The summed E-state index contributed by atoms with van der Waals surface area (Å²) in [4.78, 5) is 25.9. The smallest absolute Gasteiger partial charge is 0.254 e. The van der Waals surface area contributed by atoms with Crippen molar-refractivity contribution in [3.8, 4) is 11.5 Å². The molecule has 3 aromatic heterocycles. The number of hydrogen-bond acceptors (Lipinski definition) is 3. The van der Waals surface area contributed by atoms with E-state index < -0.39 is 0 Å². The summed E-state index contributed by atoms with van der Waals surface area (Å²) >= 11 is 0. The van der Waals surface area contributed by atoms with Gasteiger partial charge in [-0.2, -0.15) is 0 Å². The molecule has 4 heterocycles. The van der Waals surface area contributed by atoms with Crippen LogP contribution < -0.4 is 0 Å². The third-order valence-electron chi connectivity index (χ3n) is 9.71. The van der Waals surface area contributed by atoms with Gasteiger partial charge in [0.15, 0.2) is 5.82 Å². The number of imidazole rings is 1. The number of rotatable bonds is 5. The van der Waals surface area contributed by atoms with Gasteiger partial charge in [0.1, 0.15) is 5.65 Å². The van der Waals surface area contributed by atoms with Crippen LogP contribution in [0.25, 0.3) is 33.6 Å². The van der Waals surface area contributed by atoms with Crippen LogP contribution in [0.3, 0.4) is 0 Å². The van der Waals surface area contributed by atoms with Crippen LogP contribution in [-0.2, 0) is 20.0 Å². The van der Waals surface area contributed by atoms with Crippen LogP contribution in [0.15, 0.2) is 30.3 Å². The molecule has 1 aromatic carbocycles. The average molecular weight is 480 g/mol. The molecule has 6 nitrogen and oxygen atoms in total. The molecule has 184 valence electrons. The highest BCUT2D eigenvalue weighted by atomic mass is 16.2. The summed E-state index contributed by atoms with van der Waals surface area (Å²) < 4.78 is 4.60. The lowest BCUT2D eigenvalue weighted by Crippen LogP contribution is -2.53. The van der Waals surface area contributed by atoms with Gasteiger partial charge >= 0.3 is 0 Å². The maximum Gasteiger partial charge on any atom is 0.254 e. The lowest BCUT2D eigenvalue weighted by Gasteiger charge is -2.52. The Hall–Kier alpha value is -3.15. The largest absolute Gasteiger partial charge is 0.335 e. The van der Waals surface area contributed by atoms with Crippen molar-refractivity contribution < 1.29 is 4.79 Å². The molecule has 4 atom stereocenters. The van der Waals surface area contributed by atoms with E-state index in [-0.39, 0.29) is 5.91 Å². The molecule has 3 aliphatic carbocycles. The second kappa shape index (κ2) is 7.21. The number of aromatic nitrogens is 4. The van der Waals surface area contributed by atoms with Crippen molar-refractivity contribution in [2.75, 3.05) is 6.54 Å². The van der Waals surface area contributed by atoms with Gasteiger partial charge in [-0.1, -0.05) is 6.92 Å². The van der Waals surface area contributed by atoms with Crippen LogP contribution in [0.1, 0.15) is 54.2 Å². The van der Waals surface area contributed by atoms with E-state index >= 15 is 0 Å². The molecule has 36 heavy (non-hydrogen) atoms. The highest BCUT2D eigenvalue weighted by Gasteiger charge is 2.61. The summed E-state index contributed by atoms with van der Waals surface area (Å²) in [7, 11) is 2.11. The molecule has 3 saturated carbocycles. The topological polar surface area (TPSA) is 56.0 Å². The van der Waals surface area contributed by atoms with Crippen molar-refractivity contribution in [3.05, 3.63) is 47.2 Å². The number of aryl methyl sites for hydroxylation is 3. The fraction of sp³-hybridized carbons (Fsp3) is 0.500. The molecule has 0 spiro atoms. The van der Waals surface area contributed by atoms with Crippen molar-refractivity contribution in [1.29, 1.82) is 0 Å². The van der Waals surface area contributed by atoms with E-state index in [0.29, 0.717) is 6.04 Å². The molecule has 1 unspecified atom stereocenters. The Labute approximate surface area is 211 Å². The van der Waals surface area contributed by atoms with E-state index in [1.165, 1.54) is 31.1 Å². The van der Waals surface area contributed by atoms with E-state index in [0.717, 1.165) is 88.2 Å². The highest BCUT2D eigenvalue weighted by molar-refractivity contribution is 5.99. The lowest BCUT2D eigenvalue weighted by molar-refractivity contribution is -0.0204. The number of amides is 1. The fourth-order valence-corrected chi connectivity index (χ4v) is 7.59. The summed E-state index contributed by atoms with van der Waals surface area (Å²) in [6, 6.07) is 11.2. The van der Waals surface area contributed by atoms with Crippen molar-refractivity contribution in [1.82, 2.24) is 24.0 Å². The first-order valence-corrected chi connectivity index (χ1v) is 13.8. The molecule has 4 fully saturated rings. The minimum Gasteiger partial charge on any atom is -0.335 e. The van der Waals surface area contributed by atoms with E-state index in [1.807, 2.05) is 6.07 Å². The number of carbonyl (C=O) groups is 1. The SMILES string of the molecule is CCc1ccc2cc(-c3nc4cc(C(=O)N5C[C@H]6CC7C[C@@H]5[C@H]76)cc(C)c4n3C)n(CC3CC3)c2n1. The number of nitrogens with zero attached hydrogens (tertiary/aromatic N) is 5. The maximum absolute atomic E-state index is 13.6. The van der Waals surface area contributed by atoms with Crippen molar-refractivity contribution >= 4 is 28.0 Å². The molecule has 0 N–H and O–H groups in total. The normalized spacial score (nSPS) is 26.4. The second-order valence-electron chi connectivity index (χ2n) is 11.9. The second-order valence-corrected chi connectivity index (χ2v) is 11.9. The van der Waals surface area contributed by atoms with Crippen LogP contribution in [0.2, 0.25) is 0 Å². The van der Waals surface area contributed by atoms with E-state index in [4.69, 9.17) is 9.97 Å². The molecular weight excluding hydrogens is 446 g/mol. The van der Waals surface area contributed by atoms with Crippen molar-refractivity contribution in [2.45, 2.75) is 58.5 Å². The molecule has 1 aliphatic heterocycles. The molecule has 8 rings (SSSR count). The molecule has 6 heteroatoms. The Morgan fingerprint density at radius 3 is 2.69 bits per heavy atom. The zero-order valence-electron chi connectivity index (χ0n) is 21.4. The molecule has 4 aliphatic rings. The first-order chi connectivity index (χ1) is 17.5. The molecule has 1 amide bonds. The predicted octanol–water partition coefficient (Wildman–Crippen LogP) is 5.35. The monoisotopic (exact) mass is 479 g/mol. The number of fused-ring (bicyclic) bond motifs is 2. The van der Waals surface area contributed by atoms with Gasteiger partial charge in [0.05, 0.1) is 16.7 Å². The summed E-state index contributed by atoms with van der Waals surface area (Å²) in [6.45, 7) is 6.22. The van der Waals surface area contributed by atoms with Crippen LogP contribution >= 0.6 is 0 Å². The zero-order valence-corrected chi connectivity index (χ0v) is 21.4. The van der Waals surface area contributed by atoms with Gasteiger partial charge in [0, 0.05) is 42.8 Å². The predicted molar refractivity (Wildman–Crippen MR) is 141 cm³/mol. The number of benzene rings is 1.